The Kier molecular flexibility index (Phi) is 3.38. The number of Topliss-reactive ketones (excluding diaryl/α,β-unsaturated/α-hetero) is 2. The lowest BCUT2D eigenvalue weighted by molar-refractivity contribution is -0.126. The highest BCUT2D eigenvalue weighted by Gasteiger charge is 2.38. The second-order valence-electron chi connectivity index (χ2n) is 5.78. The first-order valence-electron chi connectivity index (χ1n) is 6.33. The molecule has 0 saturated heterocycles. The number of ether oxygens (including phenoxy) is 1. The Hall–Kier alpha value is -2.17. The van der Waals surface area contributed by atoms with E-state index in [9.17, 15) is 14.4 Å². The van der Waals surface area contributed by atoms with Crippen molar-refractivity contribution in [3.63, 3.8) is 0 Å². The van der Waals surface area contributed by atoms with Crippen LogP contribution in [0.5, 0.6) is 5.75 Å². The van der Waals surface area contributed by atoms with Crippen LogP contribution >= 0.6 is 0 Å². The minimum absolute atomic E-state index is 0.102. The summed E-state index contributed by atoms with van der Waals surface area (Å²) in [6.07, 6.45) is 0. The van der Waals surface area contributed by atoms with Crippen molar-refractivity contribution in [1.29, 1.82) is 0 Å². The van der Waals surface area contributed by atoms with Crippen molar-refractivity contribution in [2.75, 3.05) is 18.6 Å². The second-order valence-corrected chi connectivity index (χ2v) is 5.78. The van der Waals surface area contributed by atoms with Crippen LogP contribution in [-0.4, -0.2) is 31.1 Å². The molecule has 0 aliphatic carbocycles. The molecule has 0 N–H and O–H groups in total. The van der Waals surface area contributed by atoms with E-state index >= 15 is 0 Å². The van der Waals surface area contributed by atoms with Crippen molar-refractivity contribution >= 4 is 23.2 Å². The van der Waals surface area contributed by atoms with Gasteiger partial charge in [-0.15, -0.1) is 0 Å². The van der Waals surface area contributed by atoms with Gasteiger partial charge in [0.15, 0.2) is 5.78 Å². The summed E-state index contributed by atoms with van der Waals surface area (Å²) in [5.41, 5.74) is 0.194. The van der Waals surface area contributed by atoms with E-state index in [1.165, 1.54) is 12.0 Å². The molecule has 1 aromatic rings. The summed E-state index contributed by atoms with van der Waals surface area (Å²) in [5, 5.41) is 0. The third-order valence-electron chi connectivity index (χ3n) is 3.32. The number of hydrogen-bond donors (Lipinski definition) is 0. The van der Waals surface area contributed by atoms with Crippen LogP contribution in [0, 0.1) is 5.41 Å². The number of hydrogen-bond acceptors (Lipinski definition) is 4. The van der Waals surface area contributed by atoms with E-state index in [1.54, 1.807) is 39.0 Å². The minimum Gasteiger partial charge on any atom is -0.497 e. The van der Waals surface area contributed by atoms with E-state index in [4.69, 9.17) is 4.74 Å². The molecule has 0 radical (unpaired) electrons. The van der Waals surface area contributed by atoms with Gasteiger partial charge in [-0.3, -0.25) is 19.3 Å². The van der Waals surface area contributed by atoms with Gasteiger partial charge in [0.1, 0.15) is 5.75 Å². The minimum atomic E-state index is -0.661. The zero-order valence-corrected chi connectivity index (χ0v) is 12.0. The average molecular weight is 275 g/mol. The van der Waals surface area contributed by atoms with Gasteiger partial charge in [0, 0.05) is 11.5 Å². The summed E-state index contributed by atoms with van der Waals surface area (Å²) in [6, 6.07) is 4.78. The van der Waals surface area contributed by atoms with Crippen molar-refractivity contribution in [3.8, 4) is 5.75 Å². The van der Waals surface area contributed by atoms with Crippen molar-refractivity contribution in [2.24, 2.45) is 5.41 Å². The summed E-state index contributed by atoms with van der Waals surface area (Å²) in [4.78, 5) is 37.2. The molecule has 1 aromatic carbocycles. The number of ketones is 2. The maximum absolute atomic E-state index is 12.1. The van der Waals surface area contributed by atoms with Gasteiger partial charge in [-0.05, 0) is 12.1 Å². The molecule has 1 amide bonds. The van der Waals surface area contributed by atoms with E-state index in [2.05, 4.69) is 0 Å². The van der Waals surface area contributed by atoms with Crippen LogP contribution in [0.15, 0.2) is 18.2 Å². The average Bonchev–Trinajstić information content (AvgIpc) is 2.62. The van der Waals surface area contributed by atoms with E-state index in [-0.39, 0.29) is 12.3 Å². The Morgan fingerprint density at radius 3 is 2.45 bits per heavy atom. The van der Waals surface area contributed by atoms with Crippen molar-refractivity contribution in [1.82, 2.24) is 0 Å². The summed E-state index contributed by atoms with van der Waals surface area (Å²) in [5.74, 6) is -0.802. The lowest BCUT2D eigenvalue weighted by Crippen LogP contribution is -2.39. The highest BCUT2D eigenvalue weighted by atomic mass is 16.5. The smallest absolute Gasteiger partial charge is 0.299 e. The lowest BCUT2D eigenvalue weighted by atomic mass is 9.90. The topological polar surface area (TPSA) is 63.7 Å². The molecule has 5 heteroatoms. The fourth-order valence-electron chi connectivity index (χ4n) is 1.94. The predicted octanol–water partition coefficient (Wildman–Crippen LogP) is 1.84. The molecule has 2 rings (SSSR count). The normalized spacial score (nSPS) is 14.5. The second kappa shape index (κ2) is 4.74. The molecule has 0 fully saturated rings. The fourth-order valence-corrected chi connectivity index (χ4v) is 1.94. The van der Waals surface area contributed by atoms with Gasteiger partial charge < -0.3 is 4.74 Å². The molecule has 0 saturated carbocycles. The summed E-state index contributed by atoms with van der Waals surface area (Å²) in [7, 11) is 1.50. The lowest BCUT2D eigenvalue weighted by Gasteiger charge is -2.22. The highest BCUT2D eigenvalue weighted by molar-refractivity contribution is 6.52. The number of fused-ring (bicyclic) bond motifs is 1. The summed E-state index contributed by atoms with van der Waals surface area (Å²) < 4.78 is 5.10. The number of carbonyl (C=O) groups excluding carboxylic acids is 3. The molecule has 5 nitrogen and oxygen atoms in total. The van der Waals surface area contributed by atoms with Crippen molar-refractivity contribution in [2.45, 2.75) is 20.8 Å². The monoisotopic (exact) mass is 275 g/mol. The summed E-state index contributed by atoms with van der Waals surface area (Å²) in [6.45, 7) is 5.24. The van der Waals surface area contributed by atoms with Gasteiger partial charge >= 0.3 is 0 Å². The van der Waals surface area contributed by atoms with Gasteiger partial charge in [0.25, 0.3) is 11.7 Å². The van der Waals surface area contributed by atoms with Gasteiger partial charge in [0.2, 0.25) is 0 Å². The Labute approximate surface area is 117 Å². The third-order valence-corrected chi connectivity index (χ3v) is 3.32. The van der Waals surface area contributed by atoms with Crippen molar-refractivity contribution in [3.05, 3.63) is 23.8 Å². The molecule has 0 bridgehead atoms. The standard InChI is InChI=1S/C15H17NO4/c1-15(2,3)12(17)8-16-11-7-9(20-4)5-6-10(11)13(18)14(16)19/h5-7H,8H2,1-4H3. The number of rotatable bonds is 3. The van der Waals surface area contributed by atoms with Gasteiger partial charge in [-0.25, -0.2) is 0 Å². The number of benzene rings is 1. The first-order chi connectivity index (χ1) is 9.25. The van der Waals surface area contributed by atoms with Crippen LogP contribution in [0.1, 0.15) is 31.1 Å². The quantitative estimate of drug-likeness (QED) is 0.790. The molecule has 0 spiro atoms. The number of nitrogens with zero attached hydrogens (tertiary/aromatic N) is 1. The van der Waals surface area contributed by atoms with E-state index in [1.807, 2.05) is 0 Å². The number of amides is 1. The predicted molar refractivity (Wildman–Crippen MR) is 74.1 cm³/mol. The molecule has 106 valence electrons. The van der Waals surface area contributed by atoms with Crippen LogP contribution in [-0.2, 0) is 9.59 Å². The fraction of sp³-hybridized carbons (Fsp3) is 0.400. The van der Waals surface area contributed by atoms with E-state index in [0.717, 1.165) is 0 Å². The summed E-state index contributed by atoms with van der Waals surface area (Å²) >= 11 is 0. The largest absolute Gasteiger partial charge is 0.497 e. The number of anilines is 1. The maximum Gasteiger partial charge on any atom is 0.299 e. The molecular weight excluding hydrogens is 258 g/mol. The van der Waals surface area contributed by atoms with Gasteiger partial charge in [-0.2, -0.15) is 0 Å². The van der Waals surface area contributed by atoms with Gasteiger partial charge in [-0.1, -0.05) is 20.8 Å². The maximum atomic E-state index is 12.1. The highest BCUT2D eigenvalue weighted by Crippen LogP contribution is 2.33. The molecule has 1 aliphatic rings. The molecule has 20 heavy (non-hydrogen) atoms. The first kappa shape index (κ1) is 14.2. The van der Waals surface area contributed by atoms with E-state index < -0.39 is 17.1 Å². The first-order valence-corrected chi connectivity index (χ1v) is 6.33. The number of methoxy groups -OCH3 is 1. The SMILES string of the molecule is COc1ccc2c(c1)N(CC(=O)C(C)(C)C)C(=O)C2=O. The van der Waals surface area contributed by atoms with Crippen LogP contribution < -0.4 is 9.64 Å². The van der Waals surface area contributed by atoms with Crippen LogP contribution in [0.2, 0.25) is 0 Å². The molecular formula is C15H17NO4. The number of carbonyl (C=O) groups is 3. The van der Waals surface area contributed by atoms with Gasteiger partial charge in [0.05, 0.1) is 24.9 Å². The molecule has 1 heterocycles. The zero-order valence-electron chi connectivity index (χ0n) is 12.0. The van der Waals surface area contributed by atoms with Crippen molar-refractivity contribution < 1.29 is 19.1 Å². The van der Waals surface area contributed by atoms with Crippen LogP contribution in [0.4, 0.5) is 5.69 Å². The Balaban J connectivity index is 2.39. The third kappa shape index (κ3) is 2.31. The van der Waals surface area contributed by atoms with Crippen LogP contribution in [0.3, 0.4) is 0 Å². The Morgan fingerprint density at radius 2 is 1.90 bits per heavy atom. The van der Waals surface area contributed by atoms with E-state index in [0.29, 0.717) is 17.0 Å². The molecule has 0 aromatic heterocycles. The molecule has 0 unspecified atom stereocenters. The molecule has 1 aliphatic heterocycles. The zero-order chi connectivity index (χ0) is 15.1. The van der Waals surface area contributed by atoms with Crippen LogP contribution in [0.25, 0.3) is 0 Å². The molecule has 0 atom stereocenters. The Bertz CT molecular complexity index is 598. The Morgan fingerprint density at radius 1 is 1.25 bits per heavy atom.